The summed E-state index contributed by atoms with van der Waals surface area (Å²) in [6, 6.07) is 11.7. The van der Waals surface area contributed by atoms with Gasteiger partial charge in [0, 0.05) is 41.7 Å². The van der Waals surface area contributed by atoms with Gasteiger partial charge in [0.05, 0.1) is 7.11 Å². The molecule has 2 fully saturated rings. The van der Waals surface area contributed by atoms with Gasteiger partial charge in [-0.25, -0.2) is 9.00 Å². The zero-order chi connectivity index (χ0) is 23.9. The highest BCUT2D eigenvalue weighted by atomic mass is 32.2. The zero-order valence-electron chi connectivity index (χ0n) is 19.7. The maximum absolute atomic E-state index is 12.5. The molecule has 2 aromatic carbocycles. The molecule has 8 heteroatoms. The molecule has 2 N–H and O–H groups in total. The van der Waals surface area contributed by atoms with Crippen LogP contribution in [-0.2, 0) is 21.2 Å². The molecule has 1 aliphatic heterocycles. The number of hydrogen-bond donors (Lipinski definition) is 2. The number of nitrogens with one attached hydrogen (secondary N) is 2. The molecule has 0 aromatic heterocycles. The highest BCUT2D eigenvalue weighted by molar-refractivity contribution is 7.85. The van der Waals surface area contributed by atoms with Crippen molar-refractivity contribution >= 4 is 34.3 Å². The minimum atomic E-state index is -1.11. The number of methoxy groups -OCH3 is 1. The first-order valence-corrected chi connectivity index (χ1v) is 12.7. The van der Waals surface area contributed by atoms with Gasteiger partial charge in [-0.05, 0) is 53.5 Å². The van der Waals surface area contributed by atoms with Crippen molar-refractivity contribution in [1.29, 1.82) is 0 Å². The summed E-state index contributed by atoms with van der Waals surface area (Å²) in [5.74, 6) is 1.24. The van der Waals surface area contributed by atoms with Gasteiger partial charge in [0.2, 0.25) is 5.91 Å². The second-order valence-electron chi connectivity index (χ2n) is 9.75. The van der Waals surface area contributed by atoms with Crippen LogP contribution in [0, 0.1) is 0 Å². The van der Waals surface area contributed by atoms with E-state index in [1.807, 2.05) is 24.3 Å². The van der Waals surface area contributed by atoms with Crippen molar-refractivity contribution < 1.29 is 18.5 Å². The van der Waals surface area contributed by atoms with Crippen LogP contribution in [0.1, 0.15) is 62.1 Å². The van der Waals surface area contributed by atoms with Gasteiger partial charge in [-0.1, -0.05) is 32.9 Å². The Morgan fingerprint density at radius 3 is 2.39 bits per heavy atom. The van der Waals surface area contributed by atoms with Crippen LogP contribution in [0.5, 0.6) is 5.75 Å². The van der Waals surface area contributed by atoms with Crippen molar-refractivity contribution in [3.8, 4) is 5.75 Å². The van der Waals surface area contributed by atoms with Gasteiger partial charge in [0.15, 0.2) is 0 Å². The van der Waals surface area contributed by atoms with Gasteiger partial charge in [-0.15, -0.1) is 0 Å². The Hall–Kier alpha value is -2.87. The molecule has 3 amide bonds. The number of urea groups is 1. The zero-order valence-corrected chi connectivity index (χ0v) is 20.5. The van der Waals surface area contributed by atoms with Crippen LogP contribution < -0.4 is 19.7 Å². The molecule has 2 aliphatic rings. The van der Waals surface area contributed by atoms with Gasteiger partial charge < -0.3 is 9.46 Å². The summed E-state index contributed by atoms with van der Waals surface area (Å²) in [4.78, 5) is 25.8. The van der Waals surface area contributed by atoms with Crippen LogP contribution in [0.2, 0.25) is 0 Å². The highest BCUT2D eigenvalue weighted by Gasteiger charge is 2.43. The van der Waals surface area contributed by atoms with Crippen LogP contribution >= 0.6 is 0 Å². The Bertz CT molecular complexity index is 1110. The summed E-state index contributed by atoms with van der Waals surface area (Å²) in [6.07, 6.45) is 2.88. The smallest absolute Gasteiger partial charge is 0.328 e. The van der Waals surface area contributed by atoms with E-state index in [4.69, 9.17) is 4.74 Å². The first-order valence-electron chi connectivity index (χ1n) is 11.1. The molecular formula is C25H31N3O4S. The number of imide groups is 1. The van der Waals surface area contributed by atoms with Gasteiger partial charge in [-0.2, -0.15) is 0 Å². The average Bonchev–Trinajstić information content (AvgIpc) is 3.53. The lowest BCUT2D eigenvalue weighted by Gasteiger charge is -2.31. The van der Waals surface area contributed by atoms with Crippen LogP contribution in [0.3, 0.4) is 0 Å². The van der Waals surface area contributed by atoms with Crippen LogP contribution in [0.4, 0.5) is 16.2 Å². The molecule has 33 heavy (non-hydrogen) atoms. The third-order valence-electron chi connectivity index (χ3n) is 6.27. The van der Waals surface area contributed by atoms with E-state index in [0.717, 1.165) is 34.7 Å². The number of amides is 3. The first kappa shape index (κ1) is 23.3. The van der Waals surface area contributed by atoms with Crippen molar-refractivity contribution in [1.82, 2.24) is 5.32 Å². The maximum atomic E-state index is 12.5. The van der Waals surface area contributed by atoms with Crippen molar-refractivity contribution in [2.45, 2.75) is 50.9 Å². The molecule has 1 heterocycles. The number of ether oxygens (including phenoxy) is 1. The maximum Gasteiger partial charge on any atom is 0.328 e. The fourth-order valence-corrected chi connectivity index (χ4v) is 5.00. The van der Waals surface area contributed by atoms with Gasteiger partial charge in [0.1, 0.15) is 16.7 Å². The fourth-order valence-electron chi connectivity index (χ4n) is 4.53. The summed E-state index contributed by atoms with van der Waals surface area (Å²) in [5, 5.41) is 2.42. The second kappa shape index (κ2) is 8.82. The summed E-state index contributed by atoms with van der Waals surface area (Å²) < 4.78 is 20.2. The predicted octanol–water partition coefficient (Wildman–Crippen LogP) is 4.42. The van der Waals surface area contributed by atoms with E-state index in [9.17, 15) is 13.8 Å². The lowest BCUT2D eigenvalue weighted by Crippen LogP contribution is -2.49. The van der Waals surface area contributed by atoms with Crippen LogP contribution in [0.25, 0.3) is 0 Å². The third-order valence-corrected chi connectivity index (χ3v) is 6.79. The normalized spacial score (nSPS) is 21.4. The number of carbonyl (C=O) groups is 2. The second-order valence-corrected chi connectivity index (χ2v) is 10.9. The minimum Gasteiger partial charge on any atom is -0.496 e. The summed E-state index contributed by atoms with van der Waals surface area (Å²) in [6.45, 7) is 6.76. The standard InChI is InChI=1S/C25H31N3O4S/c1-25(2,3)21-13-17(28-11-10-22(29)26-24(28)30)12-20(23(21)32-4)19-14-18(19)15-6-8-16(9-7-15)27-33(5)31/h6-9,12-13,18-19,27H,10-11,14H2,1-5H3,(H,26,29,30). The molecular weight excluding hydrogens is 438 g/mol. The van der Waals surface area contributed by atoms with Gasteiger partial charge in [0.25, 0.3) is 0 Å². The molecule has 0 spiro atoms. The molecule has 4 rings (SSSR count). The quantitative estimate of drug-likeness (QED) is 0.656. The van der Waals surface area contributed by atoms with Crippen molar-refractivity contribution in [2.24, 2.45) is 0 Å². The predicted molar refractivity (Wildman–Crippen MR) is 131 cm³/mol. The Labute approximate surface area is 197 Å². The highest BCUT2D eigenvalue weighted by Crippen LogP contribution is 2.58. The van der Waals surface area contributed by atoms with E-state index in [2.05, 4.69) is 42.9 Å². The third kappa shape index (κ3) is 4.90. The Balaban J connectivity index is 1.69. The van der Waals surface area contributed by atoms with E-state index in [0.29, 0.717) is 12.5 Å². The number of hydrogen-bond acceptors (Lipinski definition) is 4. The van der Waals surface area contributed by atoms with Gasteiger partial charge >= 0.3 is 6.03 Å². The average molecular weight is 470 g/mol. The van der Waals surface area contributed by atoms with E-state index < -0.39 is 11.0 Å². The summed E-state index contributed by atoms with van der Waals surface area (Å²) in [5.41, 5.74) is 4.78. The van der Waals surface area contributed by atoms with E-state index in [1.54, 1.807) is 18.3 Å². The monoisotopic (exact) mass is 469 g/mol. The molecule has 176 valence electrons. The fraction of sp³-hybridized carbons (Fsp3) is 0.440. The number of carbonyl (C=O) groups excluding carboxylic acids is 2. The molecule has 3 atom stereocenters. The molecule has 0 radical (unpaired) electrons. The molecule has 1 saturated heterocycles. The topological polar surface area (TPSA) is 87.7 Å². The van der Waals surface area contributed by atoms with Crippen LogP contribution in [-0.4, -0.2) is 36.1 Å². The molecule has 2 aromatic rings. The summed E-state index contributed by atoms with van der Waals surface area (Å²) in [7, 11) is 0.591. The Morgan fingerprint density at radius 2 is 1.82 bits per heavy atom. The minimum absolute atomic E-state index is 0.189. The first-order chi connectivity index (χ1) is 15.6. The van der Waals surface area contributed by atoms with Crippen molar-refractivity contribution in [3.05, 3.63) is 53.1 Å². The molecule has 0 bridgehead atoms. The number of rotatable bonds is 6. The number of nitrogens with zero attached hydrogens (tertiary/aromatic N) is 1. The lowest BCUT2D eigenvalue weighted by atomic mass is 9.83. The Kier molecular flexibility index (Phi) is 6.22. The number of anilines is 2. The van der Waals surface area contributed by atoms with Gasteiger partial charge in [-0.3, -0.25) is 15.0 Å². The van der Waals surface area contributed by atoms with E-state index in [1.165, 1.54) is 5.56 Å². The molecule has 1 saturated carbocycles. The SMILES string of the molecule is COc1c(C2CC2c2ccc(NS(C)=O)cc2)cc(N2CCC(=O)NC2=O)cc1C(C)(C)C. The largest absolute Gasteiger partial charge is 0.496 e. The van der Waals surface area contributed by atoms with Crippen LogP contribution in [0.15, 0.2) is 36.4 Å². The molecule has 1 aliphatic carbocycles. The molecule has 3 unspecified atom stereocenters. The molecule has 7 nitrogen and oxygen atoms in total. The van der Waals surface area contributed by atoms with Crippen molar-refractivity contribution in [2.75, 3.05) is 29.5 Å². The van der Waals surface area contributed by atoms with E-state index in [-0.39, 0.29) is 29.7 Å². The van der Waals surface area contributed by atoms with E-state index >= 15 is 0 Å². The number of benzene rings is 2. The lowest BCUT2D eigenvalue weighted by molar-refractivity contribution is -0.120. The van der Waals surface area contributed by atoms with Crippen molar-refractivity contribution in [3.63, 3.8) is 0 Å². The Morgan fingerprint density at radius 1 is 1.12 bits per heavy atom. The summed E-state index contributed by atoms with van der Waals surface area (Å²) >= 11 is 0.